The van der Waals surface area contributed by atoms with Gasteiger partial charge in [0.05, 0.1) is 11.6 Å². The fourth-order valence-corrected chi connectivity index (χ4v) is 2.80. The molecule has 2 amide bonds. The summed E-state index contributed by atoms with van der Waals surface area (Å²) in [6.07, 6.45) is -4.56. The molecule has 1 saturated heterocycles. The highest BCUT2D eigenvalue weighted by molar-refractivity contribution is 5.99. The van der Waals surface area contributed by atoms with Crippen LogP contribution in [-0.2, 0) is 11.0 Å². The van der Waals surface area contributed by atoms with E-state index in [-0.39, 0.29) is 24.4 Å². The summed E-state index contributed by atoms with van der Waals surface area (Å²) in [5.41, 5.74) is -0.698. The highest BCUT2D eigenvalue weighted by atomic mass is 19.4. The van der Waals surface area contributed by atoms with Gasteiger partial charge in [0, 0.05) is 24.2 Å². The van der Waals surface area contributed by atoms with Gasteiger partial charge in [0.2, 0.25) is 5.91 Å². The number of carbonyl (C=O) groups excluding carboxylic acids is 2. The second kappa shape index (κ2) is 6.78. The van der Waals surface area contributed by atoms with E-state index in [0.29, 0.717) is 5.69 Å². The summed E-state index contributed by atoms with van der Waals surface area (Å²) in [6.45, 7) is 0.118. The molecule has 0 bridgehead atoms. The molecule has 0 aliphatic carbocycles. The fraction of sp³-hybridized carbons (Fsp3) is 0.222. The lowest BCUT2D eigenvalue weighted by atomic mass is 10.1. The summed E-state index contributed by atoms with van der Waals surface area (Å²) in [5.74, 6) is -1.49. The molecular weight excluding hydrogens is 352 g/mol. The minimum absolute atomic E-state index is 0.0127. The number of amides is 2. The van der Waals surface area contributed by atoms with Crippen LogP contribution in [0.5, 0.6) is 0 Å². The molecule has 1 atom stereocenters. The summed E-state index contributed by atoms with van der Waals surface area (Å²) in [4.78, 5) is 25.7. The molecular formula is C18H14F4N2O2. The first-order chi connectivity index (χ1) is 12.2. The van der Waals surface area contributed by atoms with Crippen molar-refractivity contribution in [3.05, 3.63) is 65.5 Å². The molecule has 1 heterocycles. The Bertz CT molecular complexity index is 851. The molecule has 0 aromatic heterocycles. The normalized spacial score (nSPS) is 17.5. The van der Waals surface area contributed by atoms with E-state index in [9.17, 15) is 27.2 Å². The molecule has 2 aromatic rings. The van der Waals surface area contributed by atoms with E-state index in [1.54, 1.807) is 6.07 Å². The van der Waals surface area contributed by atoms with Gasteiger partial charge in [-0.1, -0.05) is 12.1 Å². The van der Waals surface area contributed by atoms with Crippen LogP contribution in [0.2, 0.25) is 0 Å². The standard InChI is InChI=1S/C18H14F4N2O2/c19-13-5-2-6-15(8-13)24-10-14(9-16(24)25)23-17(26)11-3-1-4-12(7-11)18(20,21)22/h1-8,14H,9-10H2,(H,23,26)/t14-/m1/s1. The number of benzene rings is 2. The molecule has 1 fully saturated rings. The molecule has 0 radical (unpaired) electrons. The molecule has 2 aromatic carbocycles. The Hall–Kier alpha value is -2.90. The average Bonchev–Trinajstić information content (AvgIpc) is 2.94. The summed E-state index contributed by atoms with van der Waals surface area (Å²) >= 11 is 0. The Balaban J connectivity index is 1.70. The number of rotatable bonds is 3. The monoisotopic (exact) mass is 366 g/mol. The first-order valence-electron chi connectivity index (χ1n) is 7.78. The lowest BCUT2D eigenvalue weighted by molar-refractivity contribution is -0.137. The highest BCUT2D eigenvalue weighted by Gasteiger charge is 2.33. The molecule has 1 aliphatic heterocycles. The van der Waals surface area contributed by atoms with Gasteiger partial charge in [0.15, 0.2) is 0 Å². The zero-order valence-electron chi connectivity index (χ0n) is 13.4. The van der Waals surface area contributed by atoms with Crippen LogP contribution in [-0.4, -0.2) is 24.4 Å². The van der Waals surface area contributed by atoms with Gasteiger partial charge in [-0.3, -0.25) is 9.59 Å². The summed E-state index contributed by atoms with van der Waals surface area (Å²) < 4.78 is 51.5. The zero-order valence-corrected chi connectivity index (χ0v) is 13.4. The Morgan fingerprint density at radius 1 is 1.12 bits per heavy atom. The van der Waals surface area contributed by atoms with E-state index in [2.05, 4.69) is 5.32 Å². The maximum absolute atomic E-state index is 13.3. The molecule has 1 N–H and O–H groups in total. The van der Waals surface area contributed by atoms with E-state index in [1.807, 2.05) is 0 Å². The van der Waals surface area contributed by atoms with Crippen LogP contribution in [0.3, 0.4) is 0 Å². The van der Waals surface area contributed by atoms with E-state index in [4.69, 9.17) is 0 Å². The Labute approximate surface area is 146 Å². The van der Waals surface area contributed by atoms with E-state index < -0.39 is 29.5 Å². The van der Waals surface area contributed by atoms with Crippen molar-refractivity contribution in [3.8, 4) is 0 Å². The van der Waals surface area contributed by atoms with Gasteiger partial charge in [-0.25, -0.2) is 4.39 Å². The number of halogens is 4. The first-order valence-corrected chi connectivity index (χ1v) is 7.78. The molecule has 0 spiro atoms. The topological polar surface area (TPSA) is 49.4 Å². The van der Waals surface area contributed by atoms with E-state index in [0.717, 1.165) is 18.2 Å². The minimum Gasteiger partial charge on any atom is -0.347 e. The van der Waals surface area contributed by atoms with Crippen molar-refractivity contribution in [2.24, 2.45) is 0 Å². The van der Waals surface area contributed by atoms with Crippen LogP contribution in [0.25, 0.3) is 0 Å². The third kappa shape index (κ3) is 3.84. The lowest BCUT2D eigenvalue weighted by Gasteiger charge is -2.17. The predicted molar refractivity (Wildman–Crippen MR) is 86.1 cm³/mol. The maximum atomic E-state index is 13.3. The van der Waals surface area contributed by atoms with Gasteiger partial charge in [-0.2, -0.15) is 13.2 Å². The van der Waals surface area contributed by atoms with Gasteiger partial charge in [-0.05, 0) is 36.4 Å². The van der Waals surface area contributed by atoms with Crippen LogP contribution >= 0.6 is 0 Å². The van der Waals surface area contributed by atoms with Crippen molar-refractivity contribution in [1.82, 2.24) is 5.32 Å². The van der Waals surface area contributed by atoms with Crippen LogP contribution < -0.4 is 10.2 Å². The van der Waals surface area contributed by atoms with Crippen LogP contribution in [0.4, 0.5) is 23.2 Å². The zero-order chi connectivity index (χ0) is 18.9. The quantitative estimate of drug-likeness (QED) is 0.847. The van der Waals surface area contributed by atoms with Crippen molar-refractivity contribution in [1.29, 1.82) is 0 Å². The summed E-state index contributed by atoms with van der Waals surface area (Å²) in [6, 6.07) is 8.96. The molecule has 26 heavy (non-hydrogen) atoms. The van der Waals surface area contributed by atoms with Gasteiger partial charge >= 0.3 is 6.18 Å². The smallest absolute Gasteiger partial charge is 0.347 e. The fourth-order valence-electron chi connectivity index (χ4n) is 2.80. The number of alkyl halides is 3. The Kier molecular flexibility index (Phi) is 4.67. The largest absolute Gasteiger partial charge is 0.416 e. The van der Waals surface area contributed by atoms with E-state index >= 15 is 0 Å². The van der Waals surface area contributed by atoms with E-state index in [1.165, 1.54) is 29.2 Å². The summed E-state index contributed by atoms with van der Waals surface area (Å²) in [7, 11) is 0. The Morgan fingerprint density at radius 3 is 2.54 bits per heavy atom. The molecule has 8 heteroatoms. The van der Waals surface area contributed by atoms with Crippen LogP contribution in [0.15, 0.2) is 48.5 Å². The number of nitrogens with one attached hydrogen (secondary N) is 1. The third-order valence-electron chi connectivity index (χ3n) is 4.03. The molecule has 1 aliphatic rings. The van der Waals surface area contributed by atoms with Gasteiger partial charge in [-0.15, -0.1) is 0 Å². The average molecular weight is 366 g/mol. The Morgan fingerprint density at radius 2 is 1.85 bits per heavy atom. The number of carbonyl (C=O) groups is 2. The number of hydrogen-bond acceptors (Lipinski definition) is 2. The SMILES string of the molecule is O=C(N[C@@H]1CC(=O)N(c2cccc(F)c2)C1)c1cccc(C(F)(F)F)c1. The van der Waals surface area contributed by atoms with Crippen LogP contribution in [0, 0.1) is 5.82 Å². The highest BCUT2D eigenvalue weighted by Crippen LogP contribution is 2.29. The molecule has 3 rings (SSSR count). The molecule has 4 nitrogen and oxygen atoms in total. The van der Waals surface area contributed by atoms with Gasteiger partial charge in [0.1, 0.15) is 5.82 Å². The van der Waals surface area contributed by atoms with Gasteiger partial charge < -0.3 is 10.2 Å². The number of anilines is 1. The molecule has 136 valence electrons. The maximum Gasteiger partial charge on any atom is 0.416 e. The van der Waals surface area contributed by atoms with Gasteiger partial charge in [0.25, 0.3) is 5.91 Å². The van der Waals surface area contributed by atoms with Crippen molar-refractivity contribution in [2.45, 2.75) is 18.6 Å². The first kappa shape index (κ1) is 17.9. The number of nitrogens with zero attached hydrogens (tertiary/aromatic N) is 1. The van der Waals surface area contributed by atoms with Crippen LogP contribution in [0.1, 0.15) is 22.3 Å². The molecule has 0 unspecified atom stereocenters. The van der Waals surface area contributed by atoms with Crippen molar-refractivity contribution >= 4 is 17.5 Å². The summed E-state index contributed by atoms with van der Waals surface area (Å²) in [5, 5.41) is 2.56. The van der Waals surface area contributed by atoms with Crippen molar-refractivity contribution in [3.63, 3.8) is 0 Å². The second-order valence-corrected chi connectivity index (χ2v) is 5.94. The van der Waals surface area contributed by atoms with Crippen molar-refractivity contribution in [2.75, 3.05) is 11.4 Å². The predicted octanol–water partition coefficient (Wildman–Crippen LogP) is 3.38. The molecule has 0 saturated carbocycles. The third-order valence-corrected chi connectivity index (χ3v) is 4.03. The minimum atomic E-state index is -4.55. The number of hydrogen-bond donors (Lipinski definition) is 1. The van der Waals surface area contributed by atoms with Crippen molar-refractivity contribution < 1.29 is 27.2 Å². The lowest BCUT2D eigenvalue weighted by Crippen LogP contribution is -2.37. The second-order valence-electron chi connectivity index (χ2n) is 5.94.